The summed E-state index contributed by atoms with van der Waals surface area (Å²) < 4.78 is 13.2. The predicted molar refractivity (Wildman–Crippen MR) is 74.4 cm³/mol. The molecular formula is C15H22FN3. The Morgan fingerprint density at radius 2 is 2.21 bits per heavy atom. The minimum Gasteiger partial charge on any atom is -0.323 e. The first kappa shape index (κ1) is 13.0. The number of hydrogen-bond acceptors (Lipinski definition) is 3. The molecule has 2 fully saturated rings. The minimum atomic E-state index is -0.200. The molecule has 2 saturated heterocycles. The van der Waals surface area contributed by atoms with Crippen LogP contribution in [-0.2, 0) is 0 Å². The molecule has 104 valence electrons. The summed E-state index contributed by atoms with van der Waals surface area (Å²) in [6.07, 6.45) is 2.64. The third kappa shape index (κ3) is 2.96. The summed E-state index contributed by atoms with van der Waals surface area (Å²) in [6.45, 7) is 5.44. The molecule has 0 radical (unpaired) electrons. The van der Waals surface area contributed by atoms with E-state index in [9.17, 15) is 4.39 Å². The Bertz CT molecular complexity index is 437. The van der Waals surface area contributed by atoms with Gasteiger partial charge in [-0.25, -0.2) is 4.39 Å². The number of piperazine rings is 1. The maximum Gasteiger partial charge on any atom is 0.123 e. The van der Waals surface area contributed by atoms with Crippen LogP contribution in [-0.4, -0.2) is 48.6 Å². The molecule has 0 spiro atoms. The highest BCUT2D eigenvalue weighted by Gasteiger charge is 2.30. The minimum absolute atomic E-state index is 0.0938. The molecular weight excluding hydrogens is 241 g/mol. The summed E-state index contributed by atoms with van der Waals surface area (Å²) in [6, 6.07) is 7.29. The van der Waals surface area contributed by atoms with Crippen molar-refractivity contribution < 1.29 is 4.39 Å². The van der Waals surface area contributed by atoms with Gasteiger partial charge in [-0.1, -0.05) is 12.1 Å². The van der Waals surface area contributed by atoms with Crippen LogP contribution in [0.4, 0.5) is 4.39 Å². The second-order valence-corrected chi connectivity index (χ2v) is 5.75. The average Bonchev–Trinajstić information content (AvgIpc) is 2.86. The first-order chi connectivity index (χ1) is 9.22. The average molecular weight is 263 g/mol. The first-order valence-electron chi connectivity index (χ1n) is 7.20. The second kappa shape index (κ2) is 5.57. The summed E-state index contributed by atoms with van der Waals surface area (Å²) >= 11 is 0. The molecule has 2 N–H and O–H groups in total. The Hall–Kier alpha value is -0.970. The van der Waals surface area contributed by atoms with Gasteiger partial charge in [0.05, 0.1) is 0 Å². The van der Waals surface area contributed by atoms with Crippen molar-refractivity contribution in [2.45, 2.75) is 24.9 Å². The number of nitrogens with zero attached hydrogens (tertiary/aromatic N) is 2. The van der Waals surface area contributed by atoms with Crippen LogP contribution in [0.15, 0.2) is 24.3 Å². The monoisotopic (exact) mass is 263 g/mol. The highest BCUT2D eigenvalue weighted by Crippen LogP contribution is 2.22. The second-order valence-electron chi connectivity index (χ2n) is 5.75. The SMILES string of the molecule is NC(CN1CCN2CCCC2C1)c1cccc(F)c1. The van der Waals surface area contributed by atoms with E-state index in [-0.39, 0.29) is 11.9 Å². The van der Waals surface area contributed by atoms with Gasteiger partial charge in [0.25, 0.3) is 0 Å². The van der Waals surface area contributed by atoms with E-state index >= 15 is 0 Å². The molecule has 0 saturated carbocycles. The lowest BCUT2D eigenvalue weighted by Gasteiger charge is -2.38. The van der Waals surface area contributed by atoms with Crippen LogP contribution in [0, 0.1) is 5.82 Å². The number of benzene rings is 1. The lowest BCUT2D eigenvalue weighted by molar-refractivity contribution is 0.0998. The van der Waals surface area contributed by atoms with Gasteiger partial charge < -0.3 is 5.73 Å². The molecule has 3 nitrogen and oxygen atoms in total. The van der Waals surface area contributed by atoms with Crippen molar-refractivity contribution in [2.75, 3.05) is 32.7 Å². The van der Waals surface area contributed by atoms with Gasteiger partial charge in [0.1, 0.15) is 5.82 Å². The predicted octanol–water partition coefficient (Wildman–Crippen LogP) is 1.61. The van der Waals surface area contributed by atoms with Gasteiger partial charge >= 0.3 is 0 Å². The molecule has 1 aromatic rings. The van der Waals surface area contributed by atoms with Gasteiger partial charge in [-0.05, 0) is 37.1 Å². The molecule has 0 bridgehead atoms. The standard InChI is InChI=1S/C15H22FN3/c16-13-4-1-3-12(9-13)15(17)11-18-7-8-19-6-2-5-14(19)10-18/h1,3-4,9,14-15H,2,5-8,10-11,17H2. The topological polar surface area (TPSA) is 32.5 Å². The van der Waals surface area contributed by atoms with Crippen molar-refractivity contribution in [1.29, 1.82) is 0 Å². The van der Waals surface area contributed by atoms with Crippen LogP contribution >= 0.6 is 0 Å². The summed E-state index contributed by atoms with van der Waals surface area (Å²) in [5.41, 5.74) is 7.11. The summed E-state index contributed by atoms with van der Waals surface area (Å²) in [7, 11) is 0. The number of nitrogens with two attached hydrogens (primary N) is 1. The largest absolute Gasteiger partial charge is 0.323 e. The zero-order valence-electron chi connectivity index (χ0n) is 11.3. The maximum atomic E-state index is 13.2. The third-order valence-electron chi connectivity index (χ3n) is 4.40. The van der Waals surface area contributed by atoms with Crippen LogP contribution in [0.3, 0.4) is 0 Å². The molecule has 2 unspecified atom stereocenters. The number of hydrogen-bond donors (Lipinski definition) is 1. The zero-order valence-corrected chi connectivity index (χ0v) is 11.3. The van der Waals surface area contributed by atoms with E-state index in [1.165, 1.54) is 25.5 Å². The van der Waals surface area contributed by atoms with Crippen molar-refractivity contribution >= 4 is 0 Å². The van der Waals surface area contributed by atoms with Crippen LogP contribution in [0.25, 0.3) is 0 Å². The zero-order chi connectivity index (χ0) is 13.2. The molecule has 2 atom stereocenters. The Morgan fingerprint density at radius 3 is 3.05 bits per heavy atom. The Labute approximate surface area is 114 Å². The van der Waals surface area contributed by atoms with E-state index < -0.39 is 0 Å². The van der Waals surface area contributed by atoms with Gasteiger partial charge in [0, 0.05) is 38.3 Å². The molecule has 2 aliphatic heterocycles. The van der Waals surface area contributed by atoms with Gasteiger partial charge in [0.2, 0.25) is 0 Å². The van der Waals surface area contributed by atoms with Crippen LogP contribution in [0.2, 0.25) is 0 Å². The molecule has 3 rings (SSSR count). The molecule has 4 heteroatoms. The van der Waals surface area contributed by atoms with Gasteiger partial charge in [0.15, 0.2) is 0 Å². The van der Waals surface area contributed by atoms with E-state index in [1.807, 2.05) is 6.07 Å². The van der Waals surface area contributed by atoms with Crippen LogP contribution in [0.5, 0.6) is 0 Å². The van der Waals surface area contributed by atoms with Crippen molar-refractivity contribution in [3.05, 3.63) is 35.6 Å². The van der Waals surface area contributed by atoms with E-state index in [4.69, 9.17) is 5.73 Å². The normalized spacial score (nSPS) is 26.3. The van der Waals surface area contributed by atoms with Gasteiger partial charge in [-0.3, -0.25) is 9.80 Å². The first-order valence-corrected chi connectivity index (χ1v) is 7.20. The molecule has 0 aliphatic carbocycles. The number of halogens is 1. The fourth-order valence-electron chi connectivity index (χ4n) is 3.34. The molecule has 0 aromatic heterocycles. The lowest BCUT2D eigenvalue weighted by Crippen LogP contribution is -2.51. The Morgan fingerprint density at radius 1 is 1.32 bits per heavy atom. The fourth-order valence-corrected chi connectivity index (χ4v) is 3.34. The van der Waals surface area contributed by atoms with E-state index in [1.54, 1.807) is 12.1 Å². The Kier molecular flexibility index (Phi) is 3.82. The summed E-state index contributed by atoms with van der Waals surface area (Å²) in [4.78, 5) is 5.02. The third-order valence-corrected chi connectivity index (χ3v) is 4.40. The van der Waals surface area contributed by atoms with Crippen molar-refractivity contribution in [3.63, 3.8) is 0 Å². The number of fused-ring (bicyclic) bond motifs is 1. The number of rotatable bonds is 3. The van der Waals surface area contributed by atoms with Gasteiger partial charge in [-0.15, -0.1) is 0 Å². The molecule has 2 heterocycles. The van der Waals surface area contributed by atoms with Gasteiger partial charge in [-0.2, -0.15) is 0 Å². The maximum absolute atomic E-state index is 13.2. The fraction of sp³-hybridized carbons (Fsp3) is 0.600. The quantitative estimate of drug-likeness (QED) is 0.899. The molecule has 2 aliphatic rings. The summed E-state index contributed by atoms with van der Waals surface area (Å²) in [5.74, 6) is -0.200. The van der Waals surface area contributed by atoms with Crippen LogP contribution in [0.1, 0.15) is 24.4 Å². The van der Waals surface area contributed by atoms with E-state index in [0.29, 0.717) is 6.04 Å². The molecule has 1 aromatic carbocycles. The van der Waals surface area contributed by atoms with Crippen molar-refractivity contribution in [3.8, 4) is 0 Å². The molecule has 19 heavy (non-hydrogen) atoms. The highest BCUT2D eigenvalue weighted by molar-refractivity contribution is 5.20. The molecule has 0 amide bonds. The lowest BCUT2D eigenvalue weighted by atomic mass is 10.1. The summed E-state index contributed by atoms with van der Waals surface area (Å²) in [5, 5.41) is 0. The van der Waals surface area contributed by atoms with Crippen molar-refractivity contribution in [1.82, 2.24) is 9.80 Å². The van der Waals surface area contributed by atoms with Crippen molar-refractivity contribution in [2.24, 2.45) is 5.73 Å². The van der Waals surface area contributed by atoms with E-state index in [2.05, 4.69) is 9.80 Å². The smallest absolute Gasteiger partial charge is 0.123 e. The highest BCUT2D eigenvalue weighted by atomic mass is 19.1. The van der Waals surface area contributed by atoms with Crippen LogP contribution < -0.4 is 5.73 Å². The Balaban J connectivity index is 1.59. The van der Waals surface area contributed by atoms with E-state index in [0.717, 1.165) is 31.7 Å².